The Morgan fingerprint density at radius 2 is 1.93 bits per heavy atom. The first-order chi connectivity index (χ1) is 12.8. The van der Waals surface area contributed by atoms with Crippen LogP contribution in [0.15, 0.2) is 12.1 Å². The number of nitrogens with zero attached hydrogens (tertiary/aromatic N) is 3. The number of aromatic nitrogens is 1. The van der Waals surface area contributed by atoms with Gasteiger partial charge in [0.05, 0.1) is 17.9 Å². The summed E-state index contributed by atoms with van der Waals surface area (Å²) < 4.78 is 42.2. The monoisotopic (exact) mass is 386 g/mol. The Bertz CT molecular complexity index is 720. The van der Waals surface area contributed by atoms with Gasteiger partial charge in [0.15, 0.2) is 6.23 Å². The Balaban J connectivity index is 1.78. The number of carbonyl (C=O) groups excluding carboxylic acids is 2. The van der Waals surface area contributed by atoms with Crippen LogP contribution in [0.2, 0.25) is 0 Å². The summed E-state index contributed by atoms with van der Waals surface area (Å²) in [5, 5.41) is 2.91. The van der Waals surface area contributed by atoms with Gasteiger partial charge in [0.25, 0.3) is 5.91 Å². The van der Waals surface area contributed by atoms with Crippen molar-refractivity contribution in [1.82, 2.24) is 15.2 Å². The summed E-state index contributed by atoms with van der Waals surface area (Å²) in [6.07, 6.45) is -4.22. The Hall–Kier alpha value is -2.36. The van der Waals surface area contributed by atoms with E-state index < -0.39 is 18.4 Å². The number of alkyl halides is 3. The molecule has 10 heteroatoms. The number of aryl methyl sites for hydroxylation is 1. The van der Waals surface area contributed by atoms with Crippen molar-refractivity contribution >= 4 is 17.6 Å². The number of piperazine rings is 1. The zero-order valence-electron chi connectivity index (χ0n) is 14.9. The number of anilines is 1. The zero-order chi connectivity index (χ0) is 19.6. The van der Waals surface area contributed by atoms with Gasteiger partial charge in [-0.25, -0.2) is 9.78 Å². The molecular weight excluding hydrogens is 365 g/mol. The molecule has 0 aromatic carbocycles. The molecule has 1 unspecified atom stereocenters. The van der Waals surface area contributed by atoms with E-state index in [0.717, 1.165) is 12.8 Å². The van der Waals surface area contributed by atoms with Crippen LogP contribution in [0.1, 0.15) is 29.0 Å². The second-order valence-corrected chi connectivity index (χ2v) is 6.56. The molecule has 0 aliphatic carbocycles. The Morgan fingerprint density at radius 3 is 2.56 bits per heavy atom. The van der Waals surface area contributed by atoms with Crippen molar-refractivity contribution in [2.75, 3.05) is 37.6 Å². The molecule has 0 radical (unpaired) electrons. The third kappa shape index (κ3) is 4.32. The third-order valence-electron chi connectivity index (χ3n) is 4.65. The summed E-state index contributed by atoms with van der Waals surface area (Å²) in [7, 11) is 0. The largest absolute Gasteiger partial charge is 0.491 e. The van der Waals surface area contributed by atoms with Crippen LogP contribution in [-0.2, 0) is 9.53 Å². The van der Waals surface area contributed by atoms with Crippen molar-refractivity contribution < 1.29 is 27.5 Å². The van der Waals surface area contributed by atoms with Crippen LogP contribution in [0.25, 0.3) is 0 Å². The molecule has 148 valence electrons. The predicted octanol–water partition coefficient (Wildman–Crippen LogP) is 1.47. The highest BCUT2D eigenvalue weighted by Gasteiger charge is 2.43. The van der Waals surface area contributed by atoms with E-state index in [1.165, 1.54) is 0 Å². The van der Waals surface area contributed by atoms with Crippen molar-refractivity contribution in [3.63, 3.8) is 0 Å². The molecule has 1 amide bonds. The highest BCUT2D eigenvalue weighted by atomic mass is 19.4. The van der Waals surface area contributed by atoms with Crippen LogP contribution in [0.3, 0.4) is 0 Å². The van der Waals surface area contributed by atoms with Gasteiger partial charge in [0.1, 0.15) is 5.69 Å². The molecule has 0 spiro atoms. The van der Waals surface area contributed by atoms with E-state index in [1.54, 1.807) is 28.9 Å². The zero-order valence-corrected chi connectivity index (χ0v) is 14.9. The number of likely N-dealkylation sites (tertiary alicyclic amines) is 1. The van der Waals surface area contributed by atoms with Crippen LogP contribution in [-0.4, -0.2) is 66.9 Å². The Kier molecular flexibility index (Phi) is 5.54. The van der Waals surface area contributed by atoms with Gasteiger partial charge >= 0.3 is 12.1 Å². The predicted molar refractivity (Wildman–Crippen MR) is 90.3 cm³/mol. The number of pyridine rings is 1. The van der Waals surface area contributed by atoms with E-state index in [2.05, 4.69) is 15.0 Å². The minimum atomic E-state index is -5.05. The second kappa shape index (κ2) is 7.71. The van der Waals surface area contributed by atoms with Crippen LogP contribution < -0.4 is 10.2 Å². The lowest BCUT2D eigenvalue weighted by molar-refractivity contribution is -0.205. The summed E-state index contributed by atoms with van der Waals surface area (Å²) >= 11 is 0. The van der Waals surface area contributed by atoms with Crippen LogP contribution in [0.4, 0.5) is 18.9 Å². The number of hydrogen-bond donors (Lipinski definition) is 1. The normalized spacial score (nSPS) is 20.7. The average molecular weight is 386 g/mol. The Morgan fingerprint density at radius 1 is 1.22 bits per heavy atom. The summed E-state index contributed by atoms with van der Waals surface area (Å²) in [5.41, 5.74) is 1.33. The topological polar surface area (TPSA) is 74.8 Å². The van der Waals surface area contributed by atoms with Gasteiger partial charge in [-0.3, -0.25) is 4.79 Å². The summed E-state index contributed by atoms with van der Waals surface area (Å²) in [5.74, 6) is -2.38. The summed E-state index contributed by atoms with van der Waals surface area (Å²) in [6.45, 7) is 4.02. The van der Waals surface area contributed by atoms with E-state index in [4.69, 9.17) is 0 Å². The van der Waals surface area contributed by atoms with E-state index in [9.17, 15) is 22.8 Å². The standard InChI is InChI=1S/C17H21F3N4O3/c1-11-13(5-4-12(22-11)15(25)23-7-2-3-8-23)24-9-6-21-10-14(24)27-16(26)17(18,19)20/h4-5,14,21H,2-3,6-10H2,1H3. The van der Waals surface area contributed by atoms with Crippen molar-refractivity contribution in [2.45, 2.75) is 32.2 Å². The smallest absolute Gasteiger partial charge is 0.433 e. The maximum Gasteiger partial charge on any atom is 0.491 e. The molecule has 27 heavy (non-hydrogen) atoms. The number of nitrogens with one attached hydrogen (secondary N) is 1. The molecule has 2 fully saturated rings. The molecule has 1 aromatic rings. The molecule has 2 aliphatic heterocycles. The maximum absolute atomic E-state index is 12.5. The van der Waals surface area contributed by atoms with Crippen LogP contribution >= 0.6 is 0 Å². The van der Waals surface area contributed by atoms with Gasteiger partial charge in [-0.05, 0) is 31.9 Å². The molecule has 2 aliphatic rings. The van der Waals surface area contributed by atoms with Crippen molar-refractivity contribution in [3.05, 3.63) is 23.5 Å². The number of esters is 1. The van der Waals surface area contributed by atoms with Gasteiger partial charge in [-0.2, -0.15) is 13.2 Å². The maximum atomic E-state index is 12.5. The number of rotatable bonds is 3. The first kappa shape index (κ1) is 19.4. The SMILES string of the molecule is Cc1nc(C(=O)N2CCCC2)ccc1N1CCNCC1OC(=O)C(F)(F)F. The summed E-state index contributed by atoms with van der Waals surface area (Å²) in [6, 6.07) is 3.21. The molecule has 2 saturated heterocycles. The highest BCUT2D eigenvalue weighted by molar-refractivity contribution is 5.92. The minimum Gasteiger partial charge on any atom is -0.433 e. The highest BCUT2D eigenvalue weighted by Crippen LogP contribution is 2.25. The van der Waals surface area contributed by atoms with Crippen LogP contribution in [0.5, 0.6) is 0 Å². The minimum absolute atomic E-state index is 0.0652. The lowest BCUT2D eigenvalue weighted by atomic mass is 10.2. The molecule has 3 rings (SSSR count). The lowest BCUT2D eigenvalue weighted by Gasteiger charge is -2.37. The van der Waals surface area contributed by atoms with Crippen molar-refractivity contribution in [2.24, 2.45) is 0 Å². The van der Waals surface area contributed by atoms with Crippen molar-refractivity contribution in [1.29, 1.82) is 0 Å². The van der Waals surface area contributed by atoms with E-state index in [0.29, 0.717) is 43.3 Å². The van der Waals surface area contributed by atoms with Gasteiger partial charge in [-0.15, -0.1) is 0 Å². The fourth-order valence-electron chi connectivity index (χ4n) is 3.31. The lowest BCUT2D eigenvalue weighted by Crippen LogP contribution is -2.54. The number of hydrogen-bond acceptors (Lipinski definition) is 6. The van der Waals surface area contributed by atoms with E-state index >= 15 is 0 Å². The van der Waals surface area contributed by atoms with Crippen molar-refractivity contribution in [3.8, 4) is 0 Å². The second-order valence-electron chi connectivity index (χ2n) is 6.56. The molecule has 0 saturated carbocycles. The van der Waals surface area contributed by atoms with Gasteiger partial charge in [0.2, 0.25) is 0 Å². The fourth-order valence-corrected chi connectivity index (χ4v) is 3.31. The van der Waals surface area contributed by atoms with E-state index in [-0.39, 0.29) is 12.5 Å². The molecule has 1 N–H and O–H groups in total. The number of ether oxygens (including phenoxy) is 1. The molecular formula is C17H21F3N4O3. The molecule has 1 atom stereocenters. The first-order valence-corrected chi connectivity index (χ1v) is 8.79. The molecule has 1 aromatic heterocycles. The van der Waals surface area contributed by atoms with E-state index in [1.807, 2.05) is 0 Å². The molecule has 7 nitrogen and oxygen atoms in total. The van der Waals surface area contributed by atoms with Crippen LogP contribution in [0, 0.1) is 6.92 Å². The Labute approximate surface area is 154 Å². The van der Waals surface area contributed by atoms with Gasteiger partial charge in [0, 0.05) is 26.2 Å². The molecule has 0 bridgehead atoms. The average Bonchev–Trinajstić information content (AvgIpc) is 3.15. The summed E-state index contributed by atoms with van der Waals surface area (Å²) in [4.78, 5) is 31.3. The number of carbonyl (C=O) groups is 2. The first-order valence-electron chi connectivity index (χ1n) is 8.79. The molecule has 3 heterocycles. The quantitative estimate of drug-likeness (QED) is 0.793. The number of halogens is 3. The third-order valence-corrected chi connectivity index (χ3v) is 4.65. The number of amides is 1. The van der Waals surface area contributed by atoms with Gasteiger partial charge in [-0.1, -0.05) is 0 Å². The van der Waals surface area contributed by atoms with Gasteiger partial charge < -0.3 is 19.9 Å². The fraction of sp³-hybridized carbons (Fsp3) is 0.588.